The van der Waals surface area contributed by atoms with Crippen molar-refractivity contribution in [1.82, 2.24) is 0 Å². The number of hydrogen-bond donors (Lipinski definition) is 1. The summed E-state index contributed by atoms with van der Waals surface area (Å²) in [7, 11) is -3.13. The molecule has 4 nitrogen and oxygen atoms in total. The van der Waals surface area contributed by atoms with Crippen LogP contribution in [0.5, 0.6) is 0 Å². The molecule has 1 aliphatic rings. The lowest BCUT2D eigenvalue weighted by Crippen LogP contribution is -2.25. The summed E-state index contributed by atoms with van der Waals surface area (Å²) in [6.45, 7) is 2.80. The van der Waals surface area contributed by atoms with Crippen LogP contribution in [0.3, 0.4) is 0 Å². The first kappa shape index (κ1) is 12.9. The van der Waals surface area contributed by atoms with Crippen LogP contribution in [0.4, 0.5) is 5.69 Å². The van der Waals surface area contributed by atoms with Gasteiger partial charge in [-0.2, -0.15) is 0 Å². The third-order valence-corrected chi connectivity index (χ3v) is 4.80. The summed E-state index contributed by atoms with van der Waals surface area (Å²) in [5.41, 5.74) is 7.90. The van der Waals surface area contributed by atoms with Crippen molar-refractivity contribution in [2.75, 3.05) is 23.1 Å². The molecule has 0 saturated carbocycles. The first-order chi connectivity index (χ1) is 8.54. The van der Waals surface area contributed by atoms with Gasteiger partial charge in [0.1, 0.15) is 0 Å². The zero-order valence-electron chi connectivity index (χ0n) is 10.3. The molecule has 2 N–H and O–H groups in total. The molecule has 18 heavy (non-hydrogen) atoms. The van der Waals surface area contributed by atoms with E-state index in [-0.39, 0.29) is 5.75 Å². The molecule has 1 aliphatic heterocycles. The first-order valence-electron chi connectivity index (χ1n) is 5.84. The van der Waals surface area contributed by atoms with Crippen molar-refractivity contribution in [3.63, 3.8) is 0 Å². The van der Waals surface area contributed by atoms with E-state index in [2.05, 4.69) is 11.8 Å². The summed E-state index contributed by atoms with van der Waals surface area (Å²) in [5, 5.41) is 0. The summed E-state index contributed by atoms with van der Waals surface area (Å²) >= 11 is 0. The first-order valence-corrected chi connectivity index (χ1v) is 7.45. The molecule has 0 bridgehead atoms. The third-order valence-electron chi connectivity index (χ3n) is 2.93. The predicted molar refractivity (Wildman–Crippen MR) is 72.9 cm³/mol. The highest BCUT2D eigenvalue weighted by Gasteiger charge is 2.28. The molecule has 0 aliphatic carbocycles. The quantitative estimate of drug-likeness (QED) is 0.765. The summed E-state index contributed by atoms with van der Waals surface area (Å²) in [4.78, 5) is 0. The Bertz CT molecular complexity index is 612. The highest BCUT2D eigenvalue weighted by atomic mass is 32.2. The normalized spacial score (nSPS) is 17.3. The van der Waals surface area contributed by atoms with E-state index in [9.17, 15) is 8.42 Å². The Morgan fingerprint density at radius 3 is 2.83 bits per heavy atom. The van der Waals surface area contributed by atoms with Crippen LogP contribution in [-0.2, 0) is 10.0 Å². The number of aryl methyl sites for hydroxylation is 1. The van der Waals surface area contributed by atoms with Crippen molar-refractivity contribution in [1.29, 1.82) is 0 Å². The molecule has 0 unspecified atom stereocenters. The van der Waals surface area contributed by atoms with Crippen LogP contribution in [-0.4, -0.2) is 27.3 Å². The highest BCUT2D eigenvalue weighted by Crippen LogP contribution is 2.25. The van der Waals surface area contributed by atoms with Gasteiger partial charge in [-0.05, 0) is 31.0 Å². The second-order valence-electron chi connectivity index (χ2n) is 4.25. The minimum absolute atomic E-state index is 0.227. The molecular weight excluding hydrogens is 248 g/mol. The van der Waals surface area contributed by atoms with E-state index < -0.39 is 10.0 Å². The molecular formula is C13H16N2O2S. The average Bonchev–Trinajstić information content (AvgIpc) is 2.68. The van der Waals surface area contributed by atoms with Gasteiger partial charge in [0.25, 0.3) is 0 Å². The van der Waals surface area contributed by atoms with Crippen molar-refractivity contribution in [3.8, 4) is 11.8 Å². The van der Waals surface area contributed by atoms with Crippen molar-refractivity contribution >= 4 is 15.7 Å². The lowest BCUT2D eigenvalue weighted by molar-refractivity contribution is 0.599. The summed E-state index contributed by atoms with van der Waals surface area (Å²) in [5.74, 6) is 5.99. The zero-order valence-corrected chi connectivity index (χ0v) is 11.1. The predicted octanol–water partition coefficient (Wildman–Crippen LogP) is 0.845. The number of nitrogens with zero attached hydrogens (tertiary/aromatic N) is 1. The van der Waals surface area contributed by atoms with Crippen molar-refractivity contribution < 1.29 is 8.42 Å². The van der Waals surface area contributed by atoms with Crippen molar-refractivity contribution in [3.05, 3.63) is 29.3 Å². The molecule has 1 fully saturated rings. The van der Waals surface area contributed by atoms with E-state index in [1.165, 1.54) is 4.31 Å². The maximum atomic E-state index is 11.8. The number of rotatable bonds is 1. The van der Waals surface area contributed by atoms with Crippen LogP contribution in [0.1, 0.15) is 17.5 Å². The molecule has 0 aromatic heterocycles. The maximum absolute atomic E-state index is 11.8. The molecule has 0 atom stereocenters. The summed E-state index contributed by atoms with van der Waals surface area (Å²) in [6, 6.07) is 5.54. The van der Waals surface area contributed by atoms with E-state index in [4.69, 9.17) is 5.73 Å². The topological polar surface area (TPSA) is 63.4 Å². The Labute approximate surface area is 108 Å². The lowest BCUT2D eigenvalue weighted by atomic mass is 10.1. The molecule has 5 heteroatoms. The van der Waals surface area contributed by atoms with E-state index in [0.29, 0.717) is 25.2 Å². The van der Waals surface area contributed by atoms with Crippen LogP contribution in [0.25, 0.3) is 0 Å². The molecule has 1 heterocycles. The van der Waals surface area contributed by atoms with E-state index in [0.717, 1.165) is 11.1 Å². The molecule has 0 radical (unpaired) electrons. The van der Waals surface area contributed by atoms with Gasteiger partial charge >= 0.3 is 0 Å². The Morgan fingerprint density at radius 1 is 1.44 bits per heavy atom. The molecule has 0 spiro atoms. The average molecular weight is 264 g/mol. The van der Waals surface area contributed by atoms with Gasteiger partial charge in [0.15, 0.2) is 0 Å². The molecule has 2 rings (SSSR count). The summed E-state index contributed by atoms with van der Waals surface area (Å²) in [6.07, 6.45) is 0.681. The van der Waals surface area contributed by atoms with Gasteiger partial charge in [-0.3, -0.25) is 4.31 Å². The number of hydrogen-bond acceptors (Lipinski definition) is 3. The number of benzene rings is 1. The standard InChI is InChI=1S/C13H16N2O2S/c1-11-5-6-13(10-12(11)4-2-7-14)15-8-3-9-18(15,16)17/h5-6,10H,3,7-9,14H2,1H3. The molecule has 1 saturated heterocycles. The number of nitrogens with two attached hydrogens (primary N) is 1. The smallest absolute Gasteiger partial charge is 0.235 e. The van der Waals surface area contributed by atoms with E-state index >= 15 is 0 Å². The van der Waals surface area contributed by atoms with Gasteiger partial charge in [-0.25, -0.2) is 8.42 Å². The fraction of sp³-hybridized carbons (Fsp3) is 0.385. The second-order valence-corrected chi connectivity index (χ2v) is 6.26. The van der Waals surface area contributed by atoms with Crippen LogP contribution >= 0.6 is 0 Å². The van der Waals surface area contributed by atoms with Gasteiger partial charge in [0, 0.05) is 12.1 Å². The third kappa shape index (κ3) is 2.50. The second kappa shape index (κ2) is 5.01. The van der Waals surface area contributed by atoms with Crippen molar-refractivity contribution in [2.45, 2.75) is 13.3 Å². The molecule has 0 amide bonds. The fourth-order valence-electron chi connectivity index (χ4n) is 1.98. The van der Waals surface area contributed by atoms with E-state index in [1.54, 1.807) is 0 Å². The minimum atomic E-state index is -3.13. The molecule has 1 aromatic rings. The maximum Gasteiger partial charge on any atom is 0.235 e. The van der Waals surface area contributed by atoms with E-state index in [1.807, 2.05) is 25.1 Å². The van der Waals surface area contributed by atoms with Gasteiger partial charge < -0.3 is 5.73 Å². The summed E-state index contributed by atoms with van der Waals surface area (Å²) < 4.78 is 25.1. The van der Waals surface area contributed by atoms with Crippen LogP contribution in [0, 0.1) is 18.8 Å². The van der Waals surface area contributed by atoms with Gasteiger partial charge in [-0.1, -0.05) is 17.9 Å². The number of anilines is 1. The Kier molecular flexibility index (Phi) is 3.60. The Balaban J connectivity index is 2.41. The fourth-order valence-corrected chi connectivity index (χ4v) is 3.53. The van der Waals surface area contributed by atoms with Gasteiger partial charge in [0.2, 0.25) is 10.0 Å². The Hall–Kier alpha value is -1.51. The van der Waals surface area contributed by atoms with Gasteiger partial charge in [-0.15, -0.1) is 0 Å². The van der Waals surface area contributed by atoms with Crippen LogP contribution < -0.4 is 10.0 Å². The van der Waals surface area contributed by atoms with Gasteiger partial charge in [0.05, 0.1) is 18.0 Å². The van der Waals surface area contributed by atoms with Crippen LogP contribution in [0.2, 0.25) is 0 Å². The Morgan fingerprint density at radius 2 is 2.22 bits per heavy atom. The monoisotopic (exact) mass is 264 g/mol. The molecule has 96 valence electrons. The molecule has 1 aromatic carbocycles. The SMILES string of the molecule is Cc1ccc(N2CCCS2(=O)=O)cc1C#CCN. The largest absolute Gasteiger partial charge is 0.320 e. The lowest BCUT2D eigenvalue weighted by Gasteiger charge is -2.17. The zero-order chi connectivity index (χ0) is 13.2. The minimum Gasteiger partial charge on any atom is -0.320 e. The number of sulfonamides is 1. The van der Waals surface area contributed by atoms with Crippen molar-refractivity contribution in [2.24, 2.45) is 5.73 Å². The highest BCUT2D eigenvalue weighted by molar-refractivity contribution is 7.93. The van der Waals surface area contributed by atoms with Crippen LogP contribution in [0.15, 0.2) is 18.2 Å².